The van der Waals surface area contributed by atoms with E-state index in [9.17, 15) is 16.8 Å². The number of sulfone groups is 1. The molecule has 26 heavy (non-hydrogen) atoms. The van der Waals surface area contributed by atoms with Crippen molar-refractivity contribution >= 4 is 19.9 Å². The lowest BCUT2D eigenvalue weighted by Crippen LogP contribution is -2.32. The van der Waals surface area contributed by atoms with E-state index < -0.39 is 25.9 Å². The normalized spacial score (nSPS) is 13.7. The van der Waals surface area contributed by atoms with E-state index >= 15 is 0 Å². The summed E-state index contributed by atoms with van der Waals surface area (Å²) in [5, 5.41) is 0. The van der Waals surface area contributed by atoms with Gasteiger partial charge in [0.1, 0.15) is 0 Å². The van der Waals surface area contributed by atoms with Crippen molar-refractivity contribution in [3.63, 3.8) is 0 Å². The molecule has 0 amide bonds. The van der Waals surface area contributed by atoms with Crippen LogP contribution in [0.15, 0.2) is 58.3 Å². The number of nitrogens with one attached hydrogen (secondary N) is 1. The summed E-state index contributed by atoms with van der Waals surface area (Å²) in [4.78, 5) is 0.0608. The second kappa shape index (κ2) is 7.87. The maximum Gasteiger partial charge on any atom is 0.240 e. The molecular formula is C18H24N2O4S2. The molecule has 0 aliphatic carbocycles. The summed E-state index contributed by atoms with van der Waals surface area (Å²) in [5.41, 5.74) is 8.11. The molecule has 0 radical (unpaired) electrons. The van der Waals surface area contributed by atoms with Gasteiger partial charge in [-0.15, -0.1) is 0 Å². The Morgan fingerprint density at radius 1 is 0.846 bits per heavy atom. The largest absolute Gasteiger partial charge is 0.323 e. The summed E-state index contributed by atoms with van der Waals surface area (Å²) < 4.78 is 50.1. The molecule has 3 N–H and O–H groups in total. The highest BCUT2D eigenvalue weighted by Gasteiger charge is 2.17. The second-order valence-corrected chi connectivity index (χ2v) is 10.3. The van der Waals surface area contributed by atoms with Gasteiger partial charge in [0.2, 0.25) is 10.0 Å². The van der Waals surface area contributed by atoms with Gasteiger partial charge in [-0.3, -0.25) is 0 Å². The average molecular weight is 397 g/mol. The van der Waals surface area contributed by atoms with E-state index in [2.05, 4.69) is 18.6 Å². The Hall–Kier alpha value is -1.74. The number of hydrogen-bond donors (Lipinski definition) is 2. The first-order chi connectivity index (χ1) is 12.0. The fourth-order valence-electron chi connectivity index (χ4n) is 2.39. The summed E-state index contributed by atoms with van der Waals surface area (Å²) in [6, 6.07) is 12.4. The SMILES string of the molecule is CC(C)c1ccc(C(N)CNS(=O)(=O)c2ccc(S(C)(=O)=O)cc2)cc1. The Labute approximate surface area is 155 Å². The van der Waals surface area contributed by atoms with E-state index in [-0.39, 0.29) is 16.3 Å². The molecule has 0 heterocycles. The highest BCUT2D eigenvalue weighted by atomic mass is 32.2. The number of benzene rings is 2. The fourth-order valence-corrected chi connectivity index (χ4v) is 4.09. The molecule has 8 heteroatoms. The van der Waals surface area contributed by atoms with Gasteiger partial charge in [0, 0.05) is 18.8 Å². The molecule has 0 spiro atoms. The van der Waals surface area contributed by atoms with E-state index in [1.165, 1.54) is 29.8 Å². The quantitative estimate of drug-likeness (QED) is 0.746. The third kappa shape index (κ3) is 5.14. The molecule has 1 atom stereocenters. The van der Waals surface area contributed by atoms with Crippen molar-refractivity contribution in [2.45, 2.75) is 35.6 Å². The minimum absolute atomic E-state index is 0.00717. The lowest BCUT2D eigenvalue weighted by atomic mass is 9.99. The van der Waals surface area contributed by atoms with Gasteiger partial charge >= 0.3 is 0 Å². The van der Waals surface area contributed by atoms with Gasteiger partial charge in [-0.1, -0.05) is 38.1 Å². The average Bonchev–Trinajstić information content (AvgIpc) is 2.59. The van der Waals surface area contributed by atoms with Crippen LogP contribution in [0.2, 0.25) is 0 Å². The highest BCUT2D eigenvalue weighted by molar-refractivity contribution is 7.90. The van der Waals surface area contributed by atoms with Gasteiger partial charge in [-0.05, 0) is 41.3 Å². The van der Waals surface area contributed by atoms with E-state index in [1.54, 1.807) is 0 Å². The zero-order chi connectivity index (χ0) is 19.5. The molecular weight excluding hydrogens is 372 g/mol. The minimum Gasteiger partial charge on any atom is -0.323 e. The summed E-state index contributed by atoms with van der Waals surface area (Å²) in [7, 11) is -7.14. The highest BCUT2D eigenvalue weighted by Crippen LogP contribution is 2.18. The number of rotatable bonds is 7. The summed E-state index contributed by atoms with van der Waals surface area (Å²) in [5.74, 6) is 0.411. The van der Waals surface area contributed by atoms with Crippen LogP contribution in [-0.4, -0.2) is 29.6 Å². The third-order valence-electron chi connectivity index (χ3n) is 4.09. The summed E-state index contributed by atoms with van der Waals surface area (Å²) >= 11 is 0. The van der Waals surface area contributed by atoms with E-state index in [0.29, 0.717) is 5.92 Å². The van der Waals surface area contributed by atoms with Crippen LogP contribution < -0.4 is 10.5 Å². The van der Waals surface area contributed by atoms with Crippen molar-refractivity contribution in [2.24, 2.45) is 5.73 Å². The van der Waals surface area contributed by atoms with Gasteiger partial charge < -0.3 is 5.73 Å². The molecule has 0 aliphatic rings. The van der Waals surface area contributed by atoms with Crippen LogP contribution in [-0.2, 0) is 19.9 Å². The zero-order valence-electron chi connectivity index (χ0n) is 15.0. The van der Waals surface area contributed by atoms with Crippen molar-refractivity contribution in [3.05, 3.63) is 59.7 Å². The molecule has 2 aromatic rings. The predicted molar refractivity (Wildman–Crippen MR) is 102 cm³/mol. The topological polar surface area (TPSA) is 106 Å². The molecule has 0 saturated carbocycles. The van der Waals surface area contributed by atoms with Crippen molar-refractivity contribution in [1.29, 1.82) is 0 Å². The Morgan fingerprint density at radius 2 is 1.31 bits per heavy atom. The molecule has 0 aliphatic heterocycles. The van der Waals surface area contributed by atoms with Crippen LogP contribution in [0, 0.1) is 0 Å². The summed E-state index contributed by atoms with van der Waals surface area (Å²) in [6.07, 6.45) is 1.07. The first-order valence-corrected chi connectivity index (χ1v) is 11.5. The maximum atomic E-state index is 12.4. The molecule has 0 aromatic heterocycles. The van der Waals surface area contributed by atoms with Gasteiger partial charge in [-0.25, -0.2) is 21.6 Å². The lowest BCUT2D eigenvalue weighted by Gasteiger charge is -2.15. The fraction of sp³-hybridized carbons (Fsp3) is 0.333. The van der Waals surface area contributed by atoms with E-state index in [4.69, 9.17) is 5.73 Å². The molecule has 142 valence electrons. The second-order valence-electron chi connectivity index (χ2n) is 6.52. The van der Waals surface area contributed by atoms with E-state index in [1.807, 2.05) is 24.3 Å². The van der Waals surface area contributed by atoms with Crippen molar-refractivity contribution in [3.8, 4) is 0 Å². The maximum absolute atomic E-state index is 12.4. The van der Waals surface area contributed by atoms with Crippen LogP contribution >= 0.6 is 0 Å². The van der Waals surface area contributed by atoms with Crippen LogP contribution in [0.4, 0.5) is 0 Å². The molecule has 0 fully saturated rings. The molecule has 1 unspecified atom stereocenters. The molecule has 2 aromatic carbocycles. The van der Waals surface area contributed by atoms with Gasteiger partial charge in [-0.2, -0.15) is 0 Å². The first kappa shape index (κ1) is 20.6. The van der Waals surface area contributed by atoms with Crippen molar-refractivity contribution in [1.82, 2.24) is 4.72 Å². The standard InChI is InChI=1S/C18H24N2O4S2/c1-13(2)14-4-6-15(7-5-14)18(19)12-20-26(23,24)17-10-8-16(9-11-17)25(3,21)22/h4-11,13,18,20H,12,19H2,1-3H3. The van der Waals surface area contributed by atoms with Crippen molar-refractivity contribution < 1.29 is 16.8 Å². The van der Waals surface area contributed by atoms with Crippen LogP contribution in [0.25, 0.3) is 0 Å². The monoisotopic (exact) mass is 396 g/mol. The van der Waals surface area contributed by atoms with Gasteiger partial charge in [0.25, 0.3) is 0 Å². The Bertz CT molecular complexity index is 949. The van der Waals surface area contributed by atoms with Crippen LogP contribution in [0.5, 0.6) is 0 Å². The first-order valence-electron chi connectivity index (χ1n) is 8.16. The predicted octanol–water partition coefficient (Wildman–Crippen LogP) is 2.19. The number of nitrogens with two attached hydrogens (primary N) is 1. The Kier molecular flexibility index (Phi) is 6.23. The smallest absolute Gasteiger partial charge is 0.240 e. The Morgan fingerprint density at radius 3 is 1.77 bits per heavy atom. The molecule has 0 saturated heterocycles. The van der Waals surface area contributed by atoms with Gasteiger partial charge in [0.15, 0.2) is 9.84 Å². The van der Waals surface area contributed by atoms with Crippen molar-refractivity contribution in [2.75, 3.05) is 12.8 Å². The molecule has 6 nitrogen and oxygen atoms in total. The Balaban J connectivity index is 2.07. The zero-order valence-corrected chi connectivity index (χ0v) is 16.6. The van der Waals surface area contributed by atoms with Gasteiger partial charge in [0.05, 0.1) is 9.79 Å². The number of hydrogen-bond acceptors (Lipinski definition) is 5. The third-order valence-corrected chi connectivity index (χ3v) is 6.65. The minimum atomic E-state index is -3.77. The molecule has 0 bridgehead atoms. The lowest BCUT2D eigenvalue weighted by molar-refractivity contribution is 0.572. The molecule has 2 rings (SSSR count). The van der Waals surface area contributed by atoms with Crippen LogP contribution in [0.1, 0.15) is 36.9 Å². The summed E-state index contributed by atoms with van der Waals surface area (Å²) in [6.45, 7) is 4.23. The van der Waals surface area contributed by atoms with E-state index in [0.717, 1.165) is 11.8 Å². The number of sulfonamides is 1. The van der Waals surface area contributed by atoms with Crippen LogP contribution in [0.3, 0.4) is 0 Å².